The van der Waals surface area contributed by atoms with Gasteiger partial charge in [-0.1, -0.05) is 87.0 Å². The molecule has 4 saturated heterocycles. The van der Waals surface area contributed by atoms with Gasteiger partial charge in [-0.05, 0) is 258 Å². The Kier molecular flexibility index (Phi) is 24.5. The number of benzene rings is 4. The van der Waals surface area contributed by atoms with Crippen LogP contribution in [0.1, 0.15) is 186 Å². The van der Waals surface area contributed by atoms with Crippen LogP contribution in [-0.4, -0.2) is 169 Å². The molecule has 4 spiro atoms. The van der Waals surface area contributed by atoms with E-state index in [1.807, 2.05) is 159 Å². The number of carbonyl (C=O) groups is 10. The number of fused-ring (bicyclic) bond motifs is 4. The molecule has 13 aromatic rings. The van der Waals surface area contributed by atoms with Gasteiger partial charge in [0.1, 0.15) is 11.9 Å². The zero-order chi connectivity index (χ0) is 93.1. The number of alkyl halides is 1. The van der Waals surface area contributed by atoms with Gasteiger partial charge in [-0.3, -0.25) is 69.2 Å². The highest BCUT2D eigenvalue weighted by Gasteiger charge is 2.55. The predicted octanol–water partition coefficient (Wildman–Crippen LogP) is 19.8. The van der Waals surface area contributed by atoms with E-state index < -0.39 is 6.17 Å². The van der Waals surface area contributed by atoms with Gasteiger partial charge in [-0.15, -0.1) is 45.3 Å². The summed E-state index contributed by atoms with van der Waals surface area (Å²) in [6.45, 7) is 23.5. The largest absolute Gasteiger partial charge is 0.464 e. The topological polar surface area (TPSA) is 316 Å². The number of carbonyl (C=O) groups excluding carboxylic acids is 10. The first-order valence-corrected chi connectivity index (χ1v) is 48.3. The monoisotopic (exact) mass is 1870 g/mol. The summed E-state index contributed by atoms with van der Waals surface area (Å²) >= 11 is 5.10. The summed E-state index contributed by atoms with van der Waals surface area (Å²) in [5.41, 5.74) is 8.65. The highest BCUT2D eigenvalue weighted by atomic mass is 32.1. The zero-order valence-electron chi connectivity index (χ0n) is 74.1. The summed E-state index contributed by atoms with van der Waals surface area (Å²) in [4.78, 5) is 155. The second-order valence-electron chi connectivity index (χ2n) is 36.6. The third-order valence-corrected chi connectivity index (χ3v) is 32.5. The van der Waals surface area contributed by atoms with Crippen molar-refractivity contribution in [2.24, 2.45) is 21.7 Å². The summed E-state index contributed by atoms with van der Waals surface area (Å²) in [6.07, 6.45) is 23.4. The molecule has 8 fully saturated rings. The fourth-order valence-electron chi connectivity index (χ4n) is 21.2. The van der Waals surface area contributed by atoms with Gasteiger partial charge in [-0.2, -0.15) is 0 Å². The van der Waals surface area contributed by atoms with E-state index in [1.54, 1.807) is 42.7 Å². The minimum Gasteiger partial charge on any atom is -0.464 e. The van der Waals surface area contributed by atoms with E-state index in [4.69, 9.17) is 14.4 Å². The Hall–Kier alpha value is -13.7. The normalized spacial score (nSPS) is 22.6. The van der Waals surface area contributed by atoms with E-state index >= 15 is 0 Å². The van der Waals surface area contributed by atoms with Crippen LogP contribution in [0.15, 0.2) is 237 Å². The minimum atomic E-state index is -1.10. The molecule has 0 bridgehead atoms. The van der Waals surface area contributed by atoms with Crippen LogP contribution in [0.3, 0.4) is 0 Å². The molecular weight excluding hydrogens is 1770 g/mol. The van der Waals surface area contributed by atoms with Crippen LogP contribution in [0.4, 0.5) is 28.2 Å². The molecule has 13 heterocycles. The molecule has 4 saturated carbocycles. The van der Waals surface area contributed by atoms with Crippen LogP contribution in [0, 0.1) is 21.7 Å². The number of nitrogens with one attached hydrogen (secondary N) is 4. The van der Waals surface area contributed by atoms with Crippen LogP contribution in [0.25, 0.3) is 60.3 Å². The highest BCUT2D eigenvalue weighted by molar-refractivity contribution is 7.17. The summed E-state index contributed by atoms with van der Waals surface area (Å²) in [6, 6.07) is 50.2. The average Bonchev–Trinajstić information content (AvgIpc) is 1.58. The second-order valence-corrected chi connectivity index (χ2v) is 41.0. The van der Waals surface area contributed by atoms with Gasteiger partial charge in [0.15, 0.2) is 11.6 Å². The molecule has 27 nitrogen and oxygen atoms in total. The summed E-state index contributed by atoms with van der Waals surface area (Å²) < 4.78 is 27.6. The number of ketones is 2. The standard InChI is InChI=1S/C28H26N4O3S.C26H24N4O3S.C24H25FN4O2S.C24H24N4O3S/c1-2-25(34)31-13-12-28(17-31)15-19(16-28)32-22-9-4-3-8-21(22)29-27(32)30-26(35)24-11-10-23(36-24)18-6-5-7-20(33)14-18;1-2-23(31)29-12-11-26(16-29)14-17(15-26)30-19-7-4-3-6-18(19)27-25(30)28-24(32)22-10-9-21(34-22)20-8-5-13-33-20;1-3-21(30)28-11-10-24(14-28)12-16(13-24)29-18-7-5-4-6-17(18)26-23(29)27-22(31)20-9-8-19(32-20)15(2)25;1-3-21(30)27-11-10-24(14-27)12-16(13-24)28-18-7-5-4-6-17(18)25-23(28)26-22(31)20-9-8-19(32-20)15(2)29/h2-6,8-11,14,19H,1,7,12-13,15-17H2,(H,29,30,35);2-10,13,17H,1,11-12,14-16H2,(H,27,28,32);3-9,15-16H,1,10-14H2,2H3,(H,26,27,31);3-9,16H,1,10-14H2,2H3,(H,25,26,31). The van der Waals surface area contributed by atoms with E-state index in [9.17, 15) is 52.3 Å². The molecule has 4 aromatic carbocycles. The van der Waals surface area contributed by atoms with E-state index in [1.165, 1.54) is 72.2 Å². The quantitative estimate of drug-likeness (QED) is 0.0407. The first-order chi connectivity index (χ1) is 64.8. The first kappa shape index (κ1) is 89.5. The lowest BCUT2D eigenvalue weighted by molar-refractivity contribution is -0.126. The molecule has 4 N–H and O–H groups in total. The molecule has 684 valence electrons. The van der Waals surface area contributed by atoms with Crippen molar-refractivity contribution in [1.29, 1.82) is 0 Å². The number of para-hydroxylation sites is 8. The number of amides is 8. The Labute approximate surface area is 787 Å². The molecule has 5 aliphatic carbocycles. The Morgan fingerprint density at radius 2 is 0.739 bits per heavy atom. The van der Waals surface area contributed by atoms with E-state index in [2.05, 4.69) is 75.8 Å². The van der Waals surface area contributed by atoms with Crippen LogP contribution < -0.4 is 21.3 Å². The van der Waals surface area contributed by atoms with Gasteiger partial charge in [-0.25, -0.2) is 24.3 Å². The Balaban J connectivity index is 0.000000115. The van der Waals surface area contributed by atoms with Crippen molar-refractivity contribution in [1.82, 2.24) is 57.8 Å². The Morgan fingerprint density at radius 3 is 1.06 bits per heavy atom. The summed E-state index contributed by atoms with van der Waals surface area (Å²) in [5.74, 6) is 1.93. The van der Waals surface area contributed by atoms with Gasteiger partial charge in [0.2, 0.25) is 47.4 Å². The maximum atomic E-state index is 13.6. The molecule has 22 rings (SSSR count). The third kappa shape index (κ3) is 17.7. The van der Waals surface area contributed by atoms with Gasteiger partial charge in [0, 0.05) is 92.7 Å². The molecular formula is C102H99FN16O11S4. The van der Waals surface area contributed by atoms with Crippen molar-refractivity contribution in [3.63, 3.8) is 0 Å². The molecule has 0 radical (unpaired) electrons. The number of Topliss-reactive ketones (excluding diaryl/α,β-unsaturated/α-hetero) is 1. The lowest BCUT2D eigenvalue weighted by Crippen LogP contribution is -2.42. The summed E-state index contributed by atoms with van der Waals surface area (Å²) in [5, 5.41) is 12.0. The molecule has 9 aliphatic rings. The maximum Gasteiger partial charge on any atom is 0.268 e. The van der Waals surface area contributed by atoms with Crippen molar-refractivity contribution in [3.05, 3.63) is 267 Å². The number of allylic oxidation sites excluding steroid dienone is 4. The van der Waals surface area contributed by atoms with Crippen LogP contribution in [0.2, 0.25) is 0 Å². The molecule has 9 aromatic heterocycles. The number of halogens is 1. The Morgan fingerprint density at radius 1 is 0.418 bits per heavy atom. The molecule has 134 heavy (non-hydrogen) atoms. The number of likely N-dealkylation sites (tertiary alicyclic amines) is 4. The number of anilines is 4. The molecule has 1 atom stereocenters. The number of furan rings is 1. The number of hydrogen-bond donors (Lipinski definition) is 4. The second kappa shape index (κ2) is 36.7. The number of imidazole rings is 4. The predicted molar refractivity (Wildman–Crippen MR) is 520 cm³/mol. The lowest BCUT2D eigenvalue weighted by atomic mass is 9.64. The highest BCUT2D eigenvalue weighted by Crippen LogP contribution is 2.60. The molecule has 8 amide bonds. The number of rotatable bonds is 20. The zero-order valence-corrected chi connectivity index (χ0v) is 77.3. The number of hydrogen-bond acceptors (Lipinski definition) is 19. The van der Waals surface area contributed by atoms with Crippen molar-refractivity contribution in [2.75, 3.05) is 73.6 Å². The number of thiophene rings is 4. The smallest absolute Gasteiger partial charge is 0.268 e. The maximum absolute atomic E-state index is 13.6. The fourth-order valence-corrected chi connectivity index (χ4v) is 24.6. The van der Waals surface area contributed by atoms with Crippen molar-refractivity contribution in [2.45, 2.75) is 128 Å². The van der Waals surface area contributed by atoms with Crippen molar-refractivity contribution in [3.8, 4) is 10.6 Å². The average molecular weight is 1870 g/mol. The van der Waals surface area contributed by atoms with E-state index in [0.29, 0.717) is 59.5 Å². The molecule has 4 aliphatic heterocycles. The van der Waals surface area contributed by atoms with E-state index in [0.717, 1.165) is 206 Å². The van der Waals surface area contributed by atoms with Gasteiger partial charge in [0.25, 0.3) is 23.6 Å². The van der Waals surface area contributed by atoms with E-state index in [-0.39, 0.29) is 105 Å². The lowest BCUT2D eigenvalue weighted by Gasteiger charge is -2.46. The SMILES string of the molecule is C=CC(=O)N1CCC2(CC(n3c(NC(=O)c4ccc(-c5ccco5)s4)nc4ccccc43)C2)C1.C=CC(=O)N1CCC2(CC(n3c(NC(=O)c4ccc(C(C)=O)s4)nc4ccccc43)C2)C1.C=CC(=O)N1CCC2(CC(n3c(NC(=O)c4ccc(C(C)F)s4)nc4ccccc43)C2)C1.C=CC(=O)N1CCC2(CC(n3c(NC(=O)c4ccc(C5=CC(=O)CC=C5)s4)nc4ccccc43)C2)C1. The number of nitrogens with zero attached hydrogens (tertiary/aromatic N) is 12. The Bertz CT molecular complexity index is 6960. The first-order valence-electron chi connectivity index (χ1n) is 45.1. The molecule has 1 unspecified atom stereocenters. The summed E-state index contributed by atoms with van der Waals surface area (Å²) in [7, 11) is 0. The van der Waals surface area contributed by atoms with Crippen molar-refractivity contribution < 1.29 is 56.8 Å². The van der Waals surface area contributed by atoms with Gasteiger partial charge < -0.3 is 42.3 Å². The number of aromatic nitrogens is 8. The van der Waals surface area contributed by atoms with Crippen LogP contribution in [0.5, 0.6) is 0 Å². The fraction of sp³-hybridized carbons (Fsp3) is 0.314. The third-order valence-electron chi connectivity index (χ3n) is 27.9. The minimum absolute atomic E-state index is 0.00415. The molecule has 32 heteroatoms. The van der Waals surface area contributed by atoms with Crippen LogP contribution in [-0.2, 0) is 24.0 Å². The van der Waals surface area contributed by atoms with Crippen LogP contribution >= 0.6 is 45.3 Å². The van der Waals surface area contributed by atoms with Crippen molar-refractivity contribution >= 4 is 178 Å². The van der Waals surface area contributed by atoms with Gasteiger partial charge in [0.05, 0.1) is 79.7 Å². The van der Waals surface area contributed by atoms with Gasteiger partial charge >= 0.3 is 0 Å².